The summed E-state index contributed by atoms with van der Waals surface area (Å²) in [5, 5.41) is 8.37. The summed E-state index contributed by atoms with van der Waals surface area (Å²) in [4.78, 5) is 22.3. The molecule has 0 spiro atoms. The number of likely N-dealkylation sites (N-methyl/N-ethyl adjacent to an activating group) is 1. The summed E-state index contributed by atoms with van der Waals surface area (Å²) in [7, 11) is -2.28. The number of hydrogen-bond donors (Lipinski definition) is 1. The molecular formula is C8H13NO5S. The van der Waals surface area contributed by atoms with Crippen LogP contribution >= 0.6 is 0 Å². The van der Waals surface area contributed by atoms with Gasteiger partial charge in [0.1, 0.15) is 12.3 Å². The normalized spacial score (nSPS) is 10.7. The number of aliphatic carboxylic acids is 1. The molecule has 0 radical (unpaired) electrons. The van der Waals surface area contributed by atoms with Crippen LogP contribution in [-0.2, 0) is 19.4 Å². The third kappa shape index (κ3) is 5.84. The van der Waals surface area contributed by atoms with Crippen LogP contribution in [0, 0.1) is 0 Å². The molecule has 0 unspecified atom stereocenters. The molecule has 0 heterocycles. The van der Waals surface area contributed by atoms with Crippen LogP contribution in [-0.4, -0.2) is 55.4 Å². The van der Waals surface area contributed by atoms with Crippen molar-refractivity contribution < 1.29 is 23.1 Å². The third-order valence-corrected chi connectivity index (χ3v) is 2.94. The van der Waals surface area contributed by atoms with Crippen molar-refractivity contribution in [3.8, 4) is 0 Å². The molecule has 0 bridgehead atoms. The fraction of sp³-hybridized carbons (Fsp3) is 0.500. The second-order valence-corrected chi connectivity index (χ2v) is 5.10. The minimum atomic E-state index is -3.51. The maximum atomic E-state index is 11.2. The zero-order chi connectivity index (χ0) is 12.1. The molecule has 0 saturated heterocycles. The monoisotopic (exact) mass is 235 g/mol. The number of hydrogen-bond acceptors (Lipinski definition) is 4. The molecule has 0 rings (SSSR count). The van der Waals surface area contributed by atoms with E-state index in [4.69, 9.17) is 5.11 Å². The topological polar surface area (TPSA) is 91.8 Å². The Morgan fingerprint density at radius 1 is 1.47 bits per heavy atom. The molecule has 0 aromatic heterocycles. The Balaban J connectivity index is 4.36. The summed E-state index contributed by atoms with van der Waals surface area (Å²) < 4.78 is 22.3. The first-order valence-electron chi connectivity index (χ1n) is 4.05. The van der Waals surface area contributed by atoms with E-state index < -0.39 is 34.0 Å². The van der Waals surface area contributed by atoms with Crippen molar-refractivity contribution in [3.05, 3.63) is 12.7 Å². The quantitative estimate of drug-likeness (QED) is 0.604. The zero-order valence-electron chi connectivity index (χ0n) is 8.34. The Morgan fingerprint density at radius 2 is 2.00 bits per heavy atom. The van der Waals surface area contributed by atoms with Gasteiger partial charge in [-0.3, -0.25) is 9.59 Å². The van der Waals surface area contributed by atoms with Gasteiger partial charge in [0.25, 0.3) is 0 Å². The van der Waals surface area contributed by atoms with Gasteiger partial charge >= 0.3 is 5.97 Å². The highest BCUT2D eigenvalue weighted by molar-refractivity contribution is 7.92. The summed E-state index contributed by atoms with van der Waals surface area (Å²) in [6.07, 6.45) is 1.18. The summed E-state index contributed by atoms with van der Waals surface area (Å²) in [6.45, 7) is 2.74. The number of nitrogens with zero attached hydrogens (tertiary/aromatic N) is 1. The molecule has 15 heavy (non-hydrogen) atoms. The van der Waals surface area contributed by atoms with Gasteiger partial charge in [0.05, 0.1) is 5.75 Å². The van der Waals surface area contributed by atoms with Gasteiger partial charge in [0.15, 0.2) is 9.84 Å². The first kappa shape index (κ1) is 13.6. The van der Waals surface area contributed by atoms with E-state index in [9.17, 15) is 18.0 Å². The molecule has 0 aromatic rings. The number of carboxylic acids is 1. The SMILES string of the molecule is C=CCS(=O)(=O)CC(=O)N(C)CC(=O)O. The van der Waals surface area contributed by atoms with E-state index in [1.165, 1.54) is 13.1 Å². The lowest BCUT2D eigenvalue weighted by Crippen LogP contribution is -2.36. The third-order valence-electron chi connectivity index (χ3n) is 1.51. The Bertz CT molecular complexity index is 359. The first-order valence-corrected chi connectivity index (χ1v) is 5.87. The van der Waals surface area contributed by atoms with Gasteiger partial charge in [0.2, 0.25) is 5.91 Å². The van der Waals surface area contributed by atoms with Gasteiger partial charge in [0, 0.05) is 7.05 Å². The van der Waals surface area contributed by atoms with Crippen LogP contribution in [0.25, 0.3) is 0 Å². The molecule has 86 valence electrons. The molecule has 0 fully saturated rings. The summed E-state index contributed by atoms with van der Waals surface area (Å²) in [6, 6.07) is 0. The van der Waals surface area contributed by atoms with Crippen molar-refractivity contribution in [2.45, 2.75) is 0 Å². The molecule has 1 amide bonds. The van der Waals surface area contributed by atoms with Gasteiger partial charge in [-0.2, -0.15) is 0 Å². The Labute approximate surface area is 88.1 Å². The van der Waals surface area contributed by atoms with Crippen LogP contribution in [0.4, 0.5) is 0 Å². The smallest absolute Gasteiger partial charge is 0.323 e. The van der Waals surface area contributed by atoms with Crippen molar-refractivity contribution in [1.82, 2.24) is 4.90 Å². The highest BCUT2D eigenvalue weighted by atomic mass is 32.2. The predicted octanol–water partition coefficient (Wildman–Crippen LogP) is -0.870. The van der Waals surface area contributed by atoms with Crippen molar-refractivity contribution in [2.75, 3.05) is 25.1 Å². The van der Waals surface area contributed by atoms with Crippen LogP contribution < -0.4 is 0 Å². The number of carboxylic acid groups (broad SMARTS) is 1. The van der Waals surface area contributed by atoms with Crippen LogP contribution in [0.2, 0.25) is 0 Å². The van der Waals surface area contributed by atoms with E-state index in [2.05, 4.69) is 6.58 Å². The minimum Gasteiger partial charge on any atom is -0.480 e. The molecule has 0 aliphatic heterocycles. The summed E-state index contributed by atoms with van der Waals surface area (Å²) >= 11 is 0. The largest absolute Gasteiger partial charge is 0.480 e. The Kier molecular flexibility index (Phi) is 4.99. The van der Waals surface area contributed by atoms with E-state index in [0.717, 1.165) is 4.90 Å². The van der Waals surface area contributed by atoms with Crippen LogP contribution in [0.1, 0.15) is 0 Å². The summed E-state index contributed by atoms with van der Waals surface area (Å²) in [5.74, 6) is -2.91. The number of amides is 1. The van der Waals surface area contributed by atoms with E-state index >= 15 is 0 Å². The Hall–Kier alpha value is -1.37. The van der Waals surface area contributed by atoms with Gasteiger partial charge in [-0.15, -0.1) is 6.58 Å². The predicted molar refractivity (Wildman–Crippen MR) is 54.1 cm³/mol. The van der Waals surface area contributed by atoms with Crippen molar-refractivity contribution in [3.63, 3.8) is 0 Å². The second-order valence-electron chi connectivity index (χ2n) is 2.99. The molecule has 0 atom stereocenters. The number of sulfone groups is 1. The maximum Gasteiger partial charge on any atom is 0.323 e. The number of rotatable bonds is 6. The van der Waals surface area contributed by atoms with E-state index in [1.54, 1.807) is 0 Å². The van der Waals surface area contributed by atoms with Crippen LogP contribution in [0.5, 0.6) is 0 Å². The van der Waals surface area contributed by atoms with Crippen molar-refractivity contribution in [1.29, 1.82) is 0 Å². The van der Waals surface area contributed by atoms with Crippen molar-refractivity contribution >= 4 is 21.7 Å². The fourth-order valence-electron chi connectivity index (χ4n) is 0.828. The van der Waals surface area contributed by atoms with Crippen LogP contribution in [0.15, 0.2) is 12.7 Å². The molecule has 7 heteroatoms. The molecule has 6 nitrogen and oxygen atoms in total. The van der Waals surface area contributed by atoms with Crippen LogP contribution in [0.3, 0.4) is 0 Å². The average Bonchev–Trinajstić information content (AvgIpc) is 2.01. The lowest BCUT2D eigenvalue weighted by Gasteiger charge is -2.13. The highest BCUT2D eigenvalue weighted by Gasteiger charge is 2.19. The molecule has 0 aliphatic carbocycles. The summed E-state index contributed by atoms with van der Waals surface area (Å²) in [5.41, 5.74) is 0. The number of carbonyl (C=O) groups is 2. The van der Waals surface area contributed by atoms with Gasteiger partial charge < -0.3 is 10.0 Å². The fourth-order valence-corrected chi connectivity index (χ4v) is 1.90. The lowest BCUT2D eigenvalue weighted by atomic mass is 10.5. The molecule has 1 N–H and O–H groups in total. The Morgan fingerprint density at radius 3 is 2.40 bits per heavy atom. The zero-order valence-corrected chi connectivity index (χ0v) is 9.16. The van der Waals surface area contributed by atoms with E-state index in [-0.39, 0.29) is 5.75 Å². The molecule has 0 aromatic carbocycles. The highest BCUT2D eigenvalue weighted by Crippen LogP contribution is 1.95. The average molecular weight is 235 g/mol. The maximum absolute atomic E-state index is 11.2. The van der Waals surface area contributed by atoms with Gasteiger partial charge in [-0.05, 0) is 0 Å². The number of carbonyl (C=O) groups excluding carboxylic acids is 1. The lowest BCUT2D eigenvalue weighted by molar-refractivity contribution is -0.142. The van der Waals surface area contributed by atoms with E-state index in [0.29, 0.717) is 0 Å². The van der Waals surface area contributed by atoms with Crippen molar-refractivity contribution in [2.24, 2.45) is 0 Å². The van der Waals surface area contributed by atoms with E-state index in [1.807, 2.05) is 0 Å². The molecule has 0 aliphatic rings. The standard InChI is InChI=1S/C8H13NO5S/c1-3-4-15(13,14)6-7(10)9(2)5-8(11)12/h3H,1,4-6H2,2H3,(H,11,12). The second kappa shape index (κ2) is 5.50. The van der Waals surface area contributed by atoms with Gasteiger partial charge in [-0.25, -0.2) is 8.42 Å². The minimum absolute atomic E-state index is 0.292. The molecular weight excluding hydrogens is 222 g/mol. The van der Waals surface area contributed by atoms with Gasteiger partial charge in [-0.1, -0.05) is 6.08 Å². The first-order chi connectivity index (χ1) is 6.78. The molecule has 0 saturated carbocycles.